The molecule has 0 aromatic carbocycles. The largest absolute Gasteiger partial charge is 0.295 e. The highest BCUT2D eigenvalue weighted by molar-refractivity contribution is 6.29. The molecule has 6 nitrogen and oxygen atoms in total. The highest BCUT2D eigenvalue weighted by atomic mass is 35.5. The molecule has 0 unspecified atom stereocenters. The van der Waals surface area contributed by atoms with Crippen molar-refractivity contribution in [3.63, 3.8) is 0 Å². The molecule has 1 aliphatic rings. The van der Waals surface area contributed by atoms with Crippen LogP contribution in [0.4, 0.5) is 10.2 Å². The van der Waals surface area contributed by atoms with Crippen LogP contribution in [0, 0.1) is 11.9 Å². The maximum atomic E-state index is 13.9. The first-order valence-corrected chi connectivity index (χ1v) is 8.86. The second kappa shape index (κ2) is 7.36. The van der Waals surface area contributed by atoms with Gasteiger partial charge in [-0.3, -0.25) is 14.7 Å². The van der Waals surface area contributed by atoms with E-state index in [1.807, 2.05) is 18.2 Å². The van der Waals surface area contributed by atoms with E-state index in [-0.39, 0.29) is 23.4 Å². The van der Waals surface area contributed by atoms with Gasteiger partial charge in [0.25, 0.3) is 0 Å². The number of nitrogens with zero attached hydrogens (tertiary/aromatic N) is 5. The van der Waals surface area contributed by atoms with Crippen molar-refractivity contribution in [1.82, 2.24) is 20.2 Å². The lowest BCUT2D eigenvalue weighted by molar-refractivity contribution is -0.120. The van der Waals surface area contributed by atoms with Gasteiger partial charge >= 0.3 is 0 Å². The summed E-state index contributed by atoms with van der Waals surface area (Å²) in [5, 5.41) is 8.49. The number of carbonyl (C=O) groups is 1. The summed E-state index contributed by atoms with van der Waals surface area (Å²) in [5.41, 5.74) is 2.00. The molecule has 1 fully saturated rings. The van der Waals surface area contributed by atoms with Crippen molar-refractivity contribution in [2.24, 2.45) is 5.92 Å². The average molecular weight is 384 g/mol. The zero-order valence-electron chi connectivity index (χ0n) is 14.2. The Morgan fingerprint density at radius 2 is 1.93 bits per heavy atom. The Balaban J connectivity index is 1.48. The number of carbonyl (C=O) groups excluding carboxylic acids is 1. The molecule has 0 saturated carbocycles. The van der Waals surface area contributed by atoms with Crippen LogP contribution in [0.15, 0.2) is 48.8 Å². The first kappa shape index (κ1) is 17.5. The van der Waals surface area contributed by atoms with E-state index >= 15 is 0 Å². The van der Waals surface area contributed by atoms with Gasteiger partial charge in [-0.05, 0) is 43.2 Å². The third-order valence-corrected chi connectivity index (χ3v) is 4.79. The lowest BCUT2D eigenvalue weighted by Gasteiger charge is -2.15. The van der Waals surface area contributed by atoms with Crippen LogP contribution in [0.1, 0.15) is 12.0 Å². The molecule has 4 rings (SSSR count). The SMILES string of the molecule is O=C1[C@@H](Cc2ccc(Cl)nc2F)CCN1c1ccc(-c2ccncc2)nn1. The molecule has 1 atom stereocenters. The third kappa shape index (κ3) is 3.64. The molecule has 136 valence electrons. The normalized spacial score (nSPS) is 16.7. The summed E-state index contributed by atoms with van der Waals surface area (Å²) in [6, 6.07) is 10.4. The molecule has 0 N–H and O–H groups in total. The summed E-state index contributed by atoms with van der Waals surface area (Å²) in [6.07, 6.45) is 4.27. The van der Waals surface area contributed by atoms with Crippen LogP contribution in [0.2, 0.25) is 5.15 Å². The molecule has 1 saturated heterocycles. The minimum atomic E-state index is -0.629. The van der Waals surface area contributed by atoms with Gasteiger partial charge in [-0.1, -0.05) is 17.7 Å². The zero-order chi connectivity index (χ0) is 18.8. The highest BCUT2D eigenvalue weighted by Crippen LogP contribution is 2.27. The Bertz CT molecular complexity index is 968. The summed E-state index contributed by atoms with van der Waals surface area (Å²) in [5.74, 6) is -0.537. The number of rotatable bonds is 4. The standard InChI is InChI=1S/C19H15ClFN5O/c20-16-3-1-13(18(21)23-16)11-14-7-10-26(19(14)27)17-4-2-15(24-25-17)12-5-8-22-9-6-12/h1-6,8-9,14H,7,10-11H2/t14-/m1/s1. The van der Waals surface area contributed by atoms with Crippen LogP contribution in [-0.4, -0.2) is 32.6 Å². The maximum absolute atomic E-state index is 13.9. The first-order chi connectivity index (χ1) is 13.1. The van der Waals surface area contributed by atoms with Crippen LogP contribution in [0.5, 0.6) is 0 Å². The number of aromatic nitrogens is 4. The quantitative estimate of drug-likeness (QED) is 0.646. The summed E-state index contributed by atoms with van der Waals surface area (Å²) in [4.78, 5) is 21.9. The van der Waals surface area contributed by atoms with Crippen LogP contribution in [-0.2, 0) is 11.2 Å². The fourth-order valence-electron chi connectivity index (χ4n) is 3.16. The molecule has 0 aliphatic carbocycles. The smallest absolute Gasteiger partial charge is 0.231 e. The molecule has 8 heteroatoms. The molecule has 0 bridgehead atoms. The van der Waals surface area contributed by atoms with Crippen molar-refractivity contribution >= 4 is 23.3 Å². The molecule has 27 heavy (non-hydrogen) atoms. The predicted molar refractivity (Wildman–Crippen MR) is 98.6 cm³/mol. The average Bonchev–Trinajstić information content (AvgIpc) is 3.05. The molecule has 0 radical (unpaired) electrons. The molecule has 3 aromatic heterocycles. The van der Waals surface area contributed by atoms with Crippen LogP contribution in [0.3, 0.4) is 0 Å². The predicted octanol–water partition coefficient (Wildman–Crippen LogP) is 3.32. The molecule has 3 aromatic rings. The maximum Gasteiger partial charge on any atom is 0.231 e. The molecular weight excluding hydrogens is 369 g/mol. The minimum absolute atomic E-state index is 0.0877. The highest BCUT2D eigenvalue weighted by Gasteiger charge is 2.34. The summed E-state index contributed by atoms with van der Waals surface area (Å²) in [6.45, 7) is 0.523. The number of pyridine rings is 2. The Hall–Kier alpha value is -2.93. The lowest BCUT2D eigenvalue weighted by atomic mass is 9.99. The van der Waals surface area contributed by atoms with Gasteiger partial charge in [0.1, 0.15) is 5.15 Å². The molecular formula is C19H15ClFN5O. The fraction of sp³-hybridized carbons (Fsp3) is 0.211. The van der Waals surface area contributed by atoms with Gasteiger partial charge in [0.05, 0.1) is 5.69 Å². The molecule has 4 heterocycles. The van der Waals surface area contributed by atoms with Crippen LogP contribution < -0.4 is 4.90 Å². The van der Waals surface area contributed by atoms with Crippen LogP contribution >= 0.6 is 11.6 Å². The van der Waals surface area contributed by atoms with Gasteiger partial charge in [0.15, 0.2) is 5.82 Å². The summed E-state index contributed by atoms with van der Waals surface area (Å²) >= 11 is 5.68. The van der Waals surface area contributed by atoms with E-state index < -0.39 is 5.95 Å². The Morgan fingerprint density at radius 3 is 2.63 bits per heavy atom. The first-order valence-electron chi connectivity index (χ1n) is 8.48. The van der Waals surface area contributed by atoms with E-state index in [4.69, 9.17) is 11.6 Å². The van der Waals surface area contributed by atoms with E-state index in [1.54, 1.807) is 29.4 Å². The monoisotopic (exact) mass is 383 g/mol. The molecule has 1 amide bonds. The number of amides is 1. The number of hydrogen-bond acceptors (Lipinski definition) is 5. The van der Waals surface area contributed by atoms with Crippen molar-refractivity contribution in [2.75, 3.05) is 11.4 Å². The van der Waals surface area contributed by atoms with Crippen molar-refractivity contribution < 1.29 is 9.18 Å². The van der Waals surface area contributed by atoms with E-state index in [0.29, 0.717) is 30.0 Å². The topological polar surface area (TPSA) is 71.9 Å². The molecule has 1 aliphatic heterocycles. The van der Waals surface area contributed by atoms with E-state index in [9.17, 15) is 9.18 Å². The van der Waals surface area contributed by atoms with Gasteiger partial charge in [-0.2, -0.15) is 4.39 Å². The number of anilines is 1. The Morgan fingerprint density at radius 1 is 1.11 bits per heavy atom. The number of hydrogen-bond donors (Lipinski definition) is 0. The molecule has 0 spiro atoms. The van der Waals surface area contributed by atoms with Gasteiger partial charge < -0.3 is 0 Å². The second-order valence-electron chi connectivity index (χ2n) is 6.28. The summed E-state index contributed by atoms with van der Waals surface area (Å²) < 4.78 is 13.9. The van der Waals surface area contributed by atoms with Crippen LogP contribution in [0.25, 0.3) is 11.3 Å². The van der Waals surface area contributed by atoms with Gasteiger partial charge in [0.2, 0.25) is 11.9 Å². The Kier molecular flexibility index (Phi) is 4.77. The Labute approximate surface area is 160 Å². The summed E-state index contributed by atoms with van der Waals surface area (Å²) in [7, 11) is 0. The van der Waals surface area contributed by atoms with E-state index in [0.717, 1.165) is 5.56 Å². The van der Waals surface area contributed by atoms with Gasteiger partial charge in [-0.25, -0.2) is 4.98 Å². The second-order valence-corrected chi connectivity index (χ2v) is 6.66. The van der Waals surface area contributed by atoms with Gasteiger partial charge in [-0.15, -0.1) is 10.2 Å². The van der Waals surface area contributed by atoms with Crippen molar-refractivity contribution in [2.45, 2.75) is 12.8 Å². The van der Waals surface area contributed by atoms with Crippen molar-refractivity contribution in [3.8, 4) is 11.3 Å². The minimum Gasteiger partial charge on any atom is -0.295 e. The van der Waals surface area contributed by atoms with E-state index in [1.165, 1.54) is 6.07 Å². The fourth-order valence-corrected chi connectivity index (χ4v) is 3.30. The lowest BCUT2D eigenvalue weighted by Crippen LogP contribution is -2.28. The van der Waals surface area contributed by atoms with Gasteiger partial charge in [0, 0.05) is 36.0 Å². The third-order valence-electron chi connectivity index (χ3n) is 4.58. The zero-order valence-corrected chi connectivity index (χ0v) is 15.0. The van der Waals surface area contributed by atoms with E-state index in [2.05, 4.69) is 20.2 Å². The van der Waals surface area contributed by atoms with Crippen molar-refractivity contribution in [1.29, 1.82) is 0 Å². The number of halogens is 2. The van der Waals surface area contributed by atoms with Crippen molar-refractivity contribution in [3.05, 3.63) is 65.5 Å².